The third-order valence-corrected chi connectivity index (χ3v) is 3.90. The molecule has 0 saturated carbocycles. The van der Waals surface area contributed by atoms with Crippen LogP contribution in [0.2, 0.25) is 10.0 Å². The highest BCUT2D eigenvalue weighted by Gasteiger charge is 2.15. The van der Waals surface area contributed by atoms with Crippen LogP contribution in [0.1, 0.15) is 26.0 Å². The zero-order valence-corrected chi connectivity index (χ0v) is 14.7. The average molecular weight is 364 g/mol. The highest BCUT2D eigenvalue weighted by atomic mass is 35.5. The molecule has 1 heterocycles. The number of hydrogen-bond acceptors (Lipinski definition) is 4. The van der Waals surface area contributed by atoms with Crippen molar-refractivity contribution in [1.82, 2.24) is 0 Å². The molecule has 0 aliphatic heterocycles. The number of carbonyl (C=O) groups is 1. The predicted molar refractivity (Wildman–Crippen MR) is 93.6 cm³/mol. The van der Waals surface area contributed by atoms with Gasteiger partial charge in [-0.3, -0.25) is 0 Å². The minimum atomic E-state index is -0.675. The van der Waals surface area contributed by atoms with E-state index in [1.807, 2.05) is 13.0 Å². The zero-order valence-electron chi connectivity index (χ0n) is 13.2. The summed E-state index contributed by atoms with van der Waals surface area (Å²) in [5.74, 6) is 0.158. The number of benzene rings is 1. The predicted octanol–water partition coefficient (Wildman–Crippen LogP) is 5.50. The van der Waals surface area contributed by atoms with Crippen molar-refractivity contribution in [2.24, 2.45) is 0 Å². The van der Waals surface area contributed by atoms with Gasteiger partial charge in [0.15, 0.2) is 0 Å². The van der Waals surface area contributed by atoms with E-state index in [0.717, 1.165) is 0 Å². The monoisotopic (exact) mass is 363 g/mol. The van der Waals surface area contributed by atoms with Gasteiger partial charge < -0.3 is 9.15 Å². The standard InChI is InChI=1S/C18H15Cl2NO3/c1-3-11(2)23-18(22)12(10-21)8-14-5-7-17(24-14)15-9-13(19)4-6-16(15)20/h4-9,11H,3H2,1-2H3/b12-8+. The second-order valence-electron chi connectivity index (χ2n) is 5.12. The Labute approximate surface area is 150 Å². The van der Waals surface area contributed by atoms with Gasteiger partial charge in [0.25, 0.3) is 0 Å². The number of halogens is 2. The molecular weight excluding hydrogens is 349 g/mol. The summed E-state index contributed by atoms with van der Waals surface area (Å²) in [6, 6.07) is 10.2. The Bertz CT molecular complexity index is 818. The molecule has 1 unspecified atom stereocenters. The van der Waals surface area contributed by atoms with Gasteiger partial charge in [-0.25, -0.2) is 4.79 Å². The SMILES string of the molecule is CCC(C)OC(=O)/C(C#N)=C/c1ccc(-c2cc(Cl)ccc2Cl)o1. The van der Waals surface area contributed by atoms with Crippen molar-refractivity contribution < 1.29 is 13.9 Å². The molecule has 0 fully saturated rings. The first kappa shape index (κ1) is 18.1. The van der Waals surface area contributed by atoms with Gasteiger partial charge in [0.2, 0.25) is 0 Å². The first-order chi connectivity index (χ1) is 11.4. The van der Waals surface area contributed by atoms with Crippen LogP contribution in [0.3, 0.4) is 0 Å². The van der Waals surface area contributed by atoms with Crippen LogP contribution < -0.4 is 0 Å². The summed E-state index contributed by atoms with van der Waals surface area (Å²) < 4.78 is 10.8. The Hall–Kier alpha value is -2.22. The first-order valence-electron chi connectivity index (χ1n) is 7.32. The second-order valence-corrected chi connectivity index (χ2v) is 5.96. The van der Waals surface area contributed by atoms with Crippen molar-refractivity contribution >= 4 is 35.2 Å². The Morgan fingerprint density at radius 3 is 2.79 bits per heavy atom. The molecule has 124 valence electrons. The summed E-state index contributed by atoms with van der Waals surface area (Å²) in [4.78, 5) is 11.9. The maximum absolute atomic E-state index is 11.9. The summed E-state index contributed by atoms with van der Waals surface area (Å²) in [6.45, 7) is 3.65. The molecular formula is C18H15Cl2NO3. The summed E-state index contributed by atoms with van der Waals surface area (Å²) in [5, 5.41) is 10.2. The molecule has 1 aromatic carbocycles. The Balaban J connectivity index is 2.28. The van der Waals surface area contributed by atoms with Crippen LogP contribution >= 0.6 is 23.2 Å². The van der Waals surface area contributed by atoms with E-state index in [4.69, 9.17) is 37.6 Å². The first-order valence-corrected chi connectivity index (χ1v) is 8.08. The van der Waals surface area contributed by atoms with Gasteiger partial charge in [0, 0.05) is 16.7 Å². The molecule has 1 atom stereocenters. The van der Waals surface area contributed by atoms with Crippen molar-refractivity contribution in [3.05, 3.63) is 51.7 Å². The summed E-state index contributed by atoms with van der Waals surface area (Å²) in [6.07, 6.45) is 1.75. The van der Waals surface area contributed by atoms with Gasteiger partial charge in [-0.1, -0.05) is 30.1 Å². The Kier molecular flexibility index (Phi) is 6.08. The molecule has 1 aromatic heterocycles. The number of nitrogens with zero attached hydrogens (tertiary/aromatic N) is 1. The maximum Gasteiger partial charge on any atom is 0.349 e. The third-order valence-electron chi connectivity index (χ3n) is 3.33. The van der Waals surface area contributed by atoms with Crippen molar-refractivity contribution in [2.75, 3.05) is 0 Å². The zero-order chi connectivity index (χ0) is 17.7. The van der Waals surface area contributed by atoms with Gasteiger partial charge in [-0.15, -0.1) is 0 Å². The lowest BCUT2D eigenvalue weighted by atomic mass is 10.2. The number of esters is 1. The average Bonchev–Trinajstić information content (AvgIpc) is 3.02. The molecule has 2 aromatic rings. The number of rotatable bonds is 5. The van der Waals surface area contributed by atoms with Crippen LogP contribution in [-0.4, -0.2) is 12.1 Å². The highest BCUT2D eigenvalue weighted by molar-refractivity contribution is 6.35. The quantitative estimate of drug-likeness (QED) is 0.399. The van der Waals surface area contributed by atoms with Gasteiger partial charge >= 0.3 is 5.97 Å². The van der Waals surface area contributed by atoms with Crippen molar-refractivity contribution in [3.8, 4) is 17.4 Å². The minimum absolute atomic E-state index is 0.131. The van der Waals surface area contributed by atoms with Gasteiger partial charge in [-0.2, -0.15) is 5.26 Å². The molecule has 0 amide bonds. The number of nitriles is 1. The van der Waals surface area contributed by atoms with Crippen LogP contribution in [0.15, 0.2) is 40.3 Å². The minimum Gasteiger partial charge on any atom is -0.459 e. The fraction of sp³-hybridized carbons (Fsp3) is 0.222. The lowest BCUT2D eigenvalue weighted by Gasteiger charge is -2.09. The molecule has 2 rings (SSSR count). The number of furan rings is 1. The van der Waals surface area contributed by atoms with Gasteiger partial charge in [0.1, 0.15) is 23.2 Å². The molecule has 0 saturated heterocycles. The normalized spacial score (nSPS) is 12.5. The number of ether oxygens (including phenoxy) is 1. The molecule has 0 aliphatic carbocycles. The van der Waals surface area contributed by atoms with Gasteiger partial charge in [0.05, 0.1) is 11.1 Å². The smallest absolute Gasteiger partial charge is 0.349 e. The summed E-state index contributed by atoms with van der Waals surface area (Å²) in [5.41, 5.74) is 0.498. The van der Waals surface area contributed by atoms with Crippen LogP contribution in [0.25, 0.3) is 17.4 Å². The van der Waals surface area contributed by atoms with Gasteiger partial charge in [-0.05, 0) is 43.7 Å². The highest BCUT2D eigenvalue weighted by Crippen LogP contribution is 2.32. The Morgan fingerprint density at radius 2 is 2.12 bits per heavy atom. The number of hydrogen-bond donors (Lipinski definition) is 0. The second kappa shape index (κ2) is 8.05. The molecule has 0 aliphatic rings. The summed E-state index contributed by atoms with van der Waals surface area (Å²) in [7, 11) is 0. The van der Waals surface area contributed by atoms with E-state index in [-0.39, 0.29) is 11.7 Å². The maximum atomic E-state index is 11.9. The Morgan fingerprint density at radius 1 is 1.38 bits per heavy atom. The van der Waals surface area contributed by atoms with E-state index in [9.17, 15) is 4.79 Å². The molecule has 0 spiro atoms. The van der Waals surface area contributed by atoms with Crippen LogP contribution in [0.5, 0.6) is 0 Å². The lowest BCUT2D eigenvalue weighted by Crippen LogP contribution is -2.15. The van der Waals surface area contributed by atoms with Crippen molar-refractivity contribution in [2.45, 2.75) is 26.4 Å². The van der Waals surface area contributed by atoms with E-state index in [1.54, 1.807) is 37.3 Å². The van der Waals surface area contributed by atoms with Crippen LogP contribution in [0.4, 0.5) is 0 Å². The largest absolute Gasteiger partial charge is 0.459 e. The van der Waals surface area contributed by atoms with E-state index >= 15 is 0 Å². The molecule has 0 bridgehead atoms. The topological polar surface area (TPSA) is 63.2 Å². The molecule has 4 nitrogen and oxygen atoms in total. The van der Waals surface area contributed by atoms with E-state index < -0.39 is 5.97 Å². The van der Waals surface area contributed by atoms with Crippen molar-refractivity contribution in [1.29, 1.82) is 5.26 Å². The fourth-order valence-electron chi connectivity index (χ4n) is 1.87. The van der Waals surface area contributed by atoms with Crippen LogP contribution in [-0.2, 0) is 9.53 Å². The lowest BCUT2D eigenvalue weighted by molar-refractivity contribution is -0.142. The fourth-order valence-corrected chi connectivity index (χ4v) is 2.25. The third kappa shape index (κ3) is 4.41. The molecule has 0 radical (unpaired) electrons. The molecule has 6 heteroatoms. The van der Waals surface area contributed by atoms with E-state index in [0.29, 0.717) is 33.6 Å². The van der Waals surface area contributed by atoms with Crippen molar-refractivity contribution in [3.63, 3.8) is 0 Å². The van der Waals surface area contributed by atoms with E-state index in [1.165, 1.54) is 6.08 Å². The summed E-state index contributed by atoms with van der Waals surface area (Å²) >= 11 is 12.1. The van der Waals surface area contributed by atoms with E-state index in [2.05, 4.69) is 0 Å². The number of carbonyl (C=O) groups excluding carboxylic acids is 1. The molecule has 0 N–H and O–H groups in total. The molecule has 24 heavy (non-hydrogen) atoms. The van der Waals surface area contributed by atoms with Crippen LogP contribution in [0, 0.1) is 11.3 Å².